The molecular formula is C10H21N3O2. The Morgan fingerprint density at radius 1 is 1.53 bits per heavy atom. The van der Waals surface area contributed by atoms with Crippen molar-refractivity contribution in [1.29, 1.82) is 0 Å². The molecule has 1 saturated heterocycles. The number of hydrogen-bond acceptors (Lipinski definition) is 4. The smallest absolute Gasteiger partial charge is 0.404 e. The standard InChI is InChI=1S/C10H21N3O2/c1-13-6-2-3-9(4-7-13)12-5-8-15-10(11)14/h9,12H,2-8H2,1H3,(H2,11,14). The van der Waals surface area contributed by atoms with Gasteiger partial charge in [-0.15, -0.1) is 0 Å². The molecule has 15 heavy (non-hydrogen) atoms. The number of likely N-dealkylation sites (tertiary alicyclic amines) is 1. The van der Waals surface area contributed by atoms with Crippen LogP contribution in [0.4, 0.5) is 4.79 Å². The average molecular weight is 215 g/mol. The lowest BCUT2D eigenvalue weighted by Crippen LogP contribution is -2.33. The summed E-state index contributed by atoms with van der Waals surface area (Å²) >= 11 is 0. The molecule has 5 nitrogen and oxygen atoms in total. The first-order valence-corrected chi connectivity index (χ1v) is 5.52. The van der Waals surface area contributed by atoms with Gasteiger partial charge in [-0.05, 0) is 39.4 Å². The molecule has 1 aliphatic rings. The van der Waals surface area contributed by atoms with Crippen molar-refractivity contribution in [3.63, 3.8) is 0 Å². The van der Waals surface area contributed by atoms with Gasteiger partial charge in [0.2, 0.25) is 0 Å². The zero-order valence-corrected chi connectivity index (χ0v) is 9.37. The molecule has 1 unspecified atom stereocenters. The van der Waals surface area contributed by atoms with Crippen LogP contribution >= 0.6 is 0 Å². The van der Waals surface area contributed by atoms with E-state index >= 15 is 0 Å². The van der Waals surface area contributed by atoms with Gasteiger partial charge in [-0.1, -0.05) is 0 Å². The van der Waals surface area contributed by atoms with Crippen molar-refractivity contribution in [2.45, 2.75) is 25.3 Å². The quantitative estimate of drug-likeness (QED) is 0.655. The summed E-state index contributed by atoms with van der Waals surface area (Å²) in [6.07, 6.45) is 2.89. The van der Waals surface area contributed by atoms with Crippen LogP contribution in [0.1, 0.15) is 19.3 Å². The van der Waals surface area contributed by atoms with Crippen LogP contribution in [0.25, 0.3) is 0 Å². The number of primary amides is 1. The maximum absolute atomic E-state index is 10.3. The minimum atomic E-state index is -0.697. The predicted octanol–water partition coefficient (Wildman–Crippen LogP) is 0.156. The molecule has 0 spiro atoms. The van der Waals surface area contributed by atoms with Crippen LogP contribution in [-0.4, -0.2) is 50.3 Å². The molecule has 1 rings (SSSR count). The van der Waals surface area contributed by atoms with E-state index in [1.807, 2.05) is 0 Å². The first-order chi connectivity index (χ1) is 7.18. The Morgan fingerprint density at radius 3 is 3.07 bits per heavy atom. The molecule has 1 amide bonds. The summed E-state index contributed by atoms with van der Waals surface area (Å²) in [5.41, 5.74) is 4.86. The molecule has 1 atom stereocenters. The summed E-state index contributed by atoms with van der Waals surface area (Å²) in [7, 11) is 2.15. The van der Waals surface area contributed by atoms with E-state index in [4.69, 9.17) is 5.73 Å². The van der Waals surface area contributed by atoms with Crippen molar-refractivity contribution in [2.75, 3.05) is 33.3 Å². The Hall–Kier alpha value is -0.810. The number of nitrogens with two attached hydrogens (primary N) is 1. The Morgan fingerprint density at radius 2 is 2.33 bits per heavy atom. The highest BCUT2D eigenvalue weighted by atomic mass is 16.5. The van der Waals surface area contributed by atoms with Gasteiger partial charge < -0.3 is 20.7 Å². The molecule has 1 aliphatic heterocycles. The third-order valence-corrected chi connectivity index (χ3v) is 2.73. The number of carbonyl (C=O) groups is 1. The summed E-state index contributed by atoms with van der Waals surface area (Å²) < 4.78 is 4.65. The second-order valence-electron chi connectivity index (χ2n) is 4.05. The van der Waals surface area contributed by atoms with E-state index in [-0.39, 0.29) is 0 Å². The van der Waals surface area contributed by atoms with Gasteiger partial charge in [0, 0.05) is 12.6 Å². The Balaban J connectivity index is 2.07. The number of ether oxygens (including phenoxy) is 1. The van der Waals surface area contributed by atoms with Crippen LogP contribution in [0.3, 0.4) is 0 Å². The number of amides is 1. The van der Waals surface area contributed by atoms with Crippen molar-refractivity contribution in [3.05, 3.63) is 0 Å². The van der Waals surface area contributed by atoms with E-state index < -0.39 is 6.09 Å². The third kappa shape index (κ3) is 5.59. The number of rotatable bonds is 4. The zero-order chi connectivity index (χ0) is 11.1. The highest BCUT2D eigenvalue weighted by molar-refractivity contribution is 5.64. The van der Waals surface area contributed by atoms with E-state index in [1.54, 1.807) is 0 Å². The summed E-state index contributed by atoms with van der Waals surface area (Å²) in [5, 5.41) is 3.38. The van der Waals surface area contributed by atoms with Gasteiger partial charge >= 0.3 is 6.09 Å². The topological polar surface area (TPSA) is 67.6 Å². The fourth-order valence-electron chi connectivity index (χ4n) is 1.86. The lowest BCUT2D eigenvalue weighted by molar-refractivity contribution is 0.155. The second kappa shape index (κ2) is 6.63. The maximum Gasteiger partial charge on any atom is 0.404 e. The Bertz CT molecular complexity index is 199. The molecule has 88 valence electrons. The third-order valence-electron chi connectivity index (χ3n) is 2.73. The first kappa shape index (κ1) is 12.3. The molecule has 1 heterocycles. The summed E-state index contributed by atoms with van der Waals surface area (Å²) in [4.78, 5) is 12.7. The second-order valence-corrected chi connectivity index (χ2v) is 4.05. The van der Waals surface area contributed by atoms with Crippen LogP contribution in [0.2, 0.25) is 0 Å². The Kier molecular flexibility index (Phi) is 5.42. The van der Waals surface area contributed by atoms with Gasteiger partial charge in [0.25, 0.3) is 0 Å². The van der Waals surface area contributed by atoms with Crippen molar-refractivity contribution in [3.8, 4) is 0 Å². The molecule has 0 aliphatic carbocycles. The molecule has 0 aromatic heterocycles. The lowest BCUT2D eigenvalue weighted by Gasteiger charge is -2.16. The van der Waals surface area contributed by atoms with Crippen molar-refractivity contribution < 1.29 is 9.53 Å². The molecule has 1 fully saturated rings. The molecule has 0 bridgehead atoms. The normalized spacial score (nSPS) is 23.4. The minimum Gasteiger partial charge on any atom is -0.448 e. The first-order valence-electron chi connectivity index (χ1n) is 5.52. The van der Waals surface area contributed by atoms with Crippen LogP contribution in [0, 0.1) is 0 Å². The van der Waals surface area contributed by atoms with E-state index in [0.29, 0.717) is 19.2 Å². The molecule has 5 heteroatoms. The van der Waals surface area contributed by atoms with Gasteiger partial charge in [-0.2, -0.15) is 0 Å². The molecule has 3 N–H and O–H groups in total. The van der Waals surface area contributed by atoms with E-state index in [9.17, 15) is 4.79 Å². The minimum absolute atomic E-state index is 0.363. The van der Waals surface area contributed by atoms with Crippen molar-refractivity contribution in [1.82, 2.24) is 10.2 Å². The highest BCUT2D eigenvalue weighted by Gasteiger charge is 2.13. The van der Waals surface area contributed by atoms with Gasteiger partial charge in [0.1, 0.15) is 6.61 Å². The van der Waals surface area contributed by atoms with Gasteiger partial charge in [-0.3, -0.25) is 0 Å². The average Bonchev–Trinajstić information content (AvgIpc) is 2.38. The lowest BCUT2D eigenvalue weighted by atomic mass is 10.1. The highest BCUT2D eigenvalue weighted by Crippen LogP contribution is 2.08. The van der Waals surface area contributed by atoms with Crippen LogP contribution < -0.4 is 11.1 Å². The van der Waals surface area contributed by atoms with E-state index in [2.05, 4.69) is 22.0 Å². The number of carbonyl (C=O) groups excluding carboxylic acids is 1. The summed E-state index contributed by atoms with van der Waals surface area (Å²) in [6, 6.07) is 0.548. The fraction of sp³-hybridized carbons (Fsp3) is 0.900. The summed E-state index contributed by atoms with van der Waals surface area (Å²) in [6.45, 7) is 3.36. The molecule has 0 aromatic rings. The van der Waals surface area contributed by atoms with Gasteiger partial charge in [0.05, 0.1) is 0 Å². The Labute approximate surface area is 90.9 Å². The fourth-order valence-corrected chi connectivity index (χ4v) is 1.86. The molecule has 0 saturated carbocycles. The van der Waals surface area contributed by atoms with Crippen LogP contribution in [0.15, 0.2) is 0 Å². The monoisotopic (exact) mass is 215 g/mol. The molecule has 0 aromatic carbocycles. The maximum atomic E-state index is 10.3. The van der Waals surface area contributed by atoms with E-state index in [1.165, 1.54) is 19.4 Å². The SMILES string of the molecule is CN1CCCC(NCCOC(N)=O)CC1. The van der Waals surface area contributed by atoms with Gasteiger partial charge in [0.15, 0.2) is 0 Å². The van der Waals surface area contributed by atoms with Crippen molar-refractivity contribution in [2.24, 2.45) is 5.73 Å². The summed E-state index contributed by atoms with van der Waals surface area (Å²) in [5.74, 6) is 0. The molecular weight excluding hydrogens is 194 g/mol. The van der Waals surface area contributed by atoms with Gasteiger partial charge in [-0.25, -0.2) is 4.79 Å². The molecule has 0 radical (unpaired) electrons. The zero-order valence-electron chi connectivity index (χ0n) is 9.37. The number of nitrogens with zero attached hydrogens (tertiary/aromatic N) is 1. The van der Waals surface area contributed by atoms with Crippen LogP contribution in [0.5, 0.6) is 0 Å². The number of nitrogens with one attached hydrogen (secondary N) is 1. The van der Waals surface area contributed by atoms with Crippen molar-refractivity contribution >= 4 is 6.09 Å². The largest absolute Gasteiger partial charge is 0.448 e. The van der Waals surface area contributed by atoms with E-state index in [0.717, 1.165) is 13.0 Å². The van der Waals surface area contributed by atoms with Crippen LogP contribution in [-0.2, 0) is 4.74 Å². The predicted molar refractivity (Wildman–Crippen MR) is 58.7 cm³/mol. The number of hydrogen-bond donors (Lipinski definition) is 2.